The Balaban J connectivity index is 2.37. The number of pyridine rings is 1. The first-order valence-corrected chi connectivity index (χ1v) is 8.53. The molecule has 3 rings (SSSR count). The van der Waals surface area contributed by atoms with Crippen molar-refractivity contribution in [3.63, 3.8) is 0 Å². The highest BCUT2D eigenvalue weighted by Crippen LogP contribution is 2.34. The molecule has 0 unspecified atom stereocenters. The predicted octanol–water partition coefficient (Wildman–Crippen LogP) is 5.10. The van der Waals surface area contributed by atoms with Crippen molar-refractivity contribution in [2.24, 2.45) is 0 Å². The van der Waals surface area contributed by atoms with E-state index in [-0.39, 0.29) is 0 Å². The number of aryl methyl sites for hydroxylation is 3. The number of rotatable bonds is 3. The van der Waals surface area contributed by atoms with E-state index in [0.29, 0.717) is 0 Å². The zero-order valence-corrected chi connectivity index (χ0v) is 14.5. The van der Waals surface area contributed by atoms with Gasteiger partial charge in [-0.1, -0.05) is 25.6 Å². The van der Waals surface area contributed by atoms with Crippen molar-refractivity contribution in [1.29, 1.82) is 0 Å². The van der Waals surface area contributed by atoms with Crippen LogP contribution in [0.3, 0.4) is 0 Å². The fraction of sp³-hybridized carbons (Fsp3) is 0.438. The summed E-state index contributed by atoms with van der Waals surface area (Å²) < 4.78 is 4.17. The third-order valence-electron chi connectivity index (χ3n) is 3.80. The van der Waals surface area contributed by atoms with Gasteiger partial charge in [0.2, 0.25) is 0 Å². The molecule has 3 heterocycles. The van der Waals surface area contributed by atoms with Gasteiger partial charge in [-0.2, -0.15) is 0 Å². The van der Waals surface area contributed by atoms with Gasteiger partial charge in [-0.3, -0.25) is 0 Å². The molecule has 0 aliphatic rings. The molecule has 0 bridgehead atoms. The van der Waals surface area contributed by atoms with Crippen LogP contribution < -0.4 is 0 Å². The minimum atomic E-state index is 0.908. The molecule has 3 aromatic heterocycles. The number of nitrogens with zero attached hydrogens (tertiary/aromatic N) is 3. The number of hydrogen-bond donors (Lipinski definition) is 0. The molecule has 0 aromatic carbocycles. The third kappa shape index (κ3) is 2.38. The van der Waals surface area contributed by atoms with Gasteiger partial charge in [-0.25, -0.2) is 9.97 Å². The van der Waals surface area contributed by atoms with E-state index >= 15 is 0 Å². The third-order valence-corrected chi connectivity index (χ3v) is 5.43. The van der Waals surface area contributed by atoms with Gasteiger partial charge in [0.15, 0.2) is 0 Å². The molecule has 0 aliphatic carbocycles. The van der Waals surface area contributed by atoms with Crippen molar-refractivity contribution in [3.05, 3.63) is 27.8 Å². The van der Waals surface area contributed by atoms with E-state index in [0.717, 1.165) is 56.0 Å². The highest BCUT2D eigenvalue weighted by Gasteiger charge is 2.14. The van der Waals surface area contributed by atoms with Gasteiger partial charge >= 0.3 is 0 Å². The maximum Gasteiger partial charge on any atom is 0.126 e. The standard InChI is InChI=1S/C16H19N3S2/c1-5-6-7-19-11(4)18-13-12-9(2)8-10(3)17-15(12)21-14(13)16(19)20/h8H,5-7H2,1-4H3. The highest BCUT2D eigenvalue weighted by atomic mass is 32.1. The van der Waals surface area contributed by atoms with Crippen molar-refractivity contribution in [1.82, 2.24) is 14.5 Å². The van der Waals surface area contributed by atoms with Crippen LogP contribution in [0.4, 0.5) is 0 Å². The minimum Gasteiger partial charge on any atom is -0.320 e. The maximum atomic E-state index is 5.72. The van der Waals surface area contributed by atoms with Gasteiger partial charge in [0.1, 0.15) is 15.3 Å². The number of thiophene rings is 1. The molecule has 0 radical (unpaired) electrons. The monoisotopic (exact) mass is 317 g/mol. The van der Waals surface area contributed by atoms with Crippen LogP contribution in [0.25, 0.3) is 20.4 Å². The van der Waals surface area contributed by atoms with Crippen LogP contribution in [-0.2, 0) is 6.54 Å². The molecule has 0 N–H and O–H groups in total. The second-order valence-electron chi connectivity index (χ2n) is 5.51. The number of unbranched alkanes of at least 4 members (excludes halogenated alkanes) is 1. The summed E-state index contributed by atoms with van der Waals surface area (Å²) in [5, 5.41) is 1.16. The molecule has 0 aliphatic heterocycles. The summed E-state index contributed by atoms with van der Waals surface area (Å²) in [6, 6.07) is 2.12. The summed E-state index contributed by atoms with van der Waals surface area (Å²) >= 11 is 7.39. The Hall–Kier alpha value is -1.33. The average Bonchev–Trinajstić information content (AvgIpc) is 2.77. The van der Waals surface area contributed by atoms with Gasteiger partial charge in [0.25, 0.3) is 0 Å². The lowest BCUT2D eigenvalue weighted by Crippen LogP contribution is -2.06. The lowest BCUT2D eigenvalue weighted by Gasteiger charge is -2.10. The summed E-state index contributed by atoms with van der Waals surface area (Å²) in [5.41, 5.74) is 3.31. The summed E-state index contributed by atoms with van der Waals surface area (Å²) in [5.74, 6) is 1.00. The van der Waals surface area contributed by atoms with Crippen LogP contribution in [-0.4, -0.2) is 14.5 Å². The maximum absolute atomic E-state index is 5.72. The van der Waals surface area contributed by atoms with Gasteiger partial charge < -0.3 is 4.57 Å². The summed E-state index contributed by atoms with van der Waals surface area (Å²) in [6.07, 6.45) is 2.29. The Morgan fingerprint density at radius 3 is 2.71 bits per heavy atom. The molecule has 3 aromatic rings. The van der Waals surface area contributed by atoms with Crippen LogP contribution in [0.15, 0.2) is 6.07 Å². The molecule has 3 nitrogen and oxygen atoms in total. The minimum absolute atomic E-state index is 0.908. The Kier molecular flexibility index (Phi) is 3.80. The SMILES string of the molecule is CCCCn1c(C)nc2c(sc3nc(C)cc(C)c32)c1=S. The molecule has 0 saturated carbocycles. The molecule has 0 amide bonds. The van der Waals surface area contributed by atoms with E-state index < -0.39 is 0 Å². The van der Waals surface area contributed by atoms with E-state index in [1.165, 1.54) is 5.56 Å². The van der Waals surface area contributed by atoms with Crippen molar-refractivity contribution in [3.8, 4) is 0 Å². The predicted molar refractivity (Wildman–Crippen MR) is 92.9 cm³/mol. The van der Waals surface area contributed by atoms with Crippen LogP contribution in [0.1, 0.15) is 36.8 Å². The average molecular weight is 317 g/mol. The van der Waals surface area contributed by atoms with Crippen LogP contribution in [0.2, 0.25) is 0 Å². The van der Waals surface area contributed by atoms with Crippen molar-refractivity contribution >= 4 is 44.0 Å². The summed E-state index contributed by atoms with van der Waals surface area (Å²) in [4.78, 5) is 10.5. The molecular formula is C16H19N3S2. The number of fused-ring (bicyclic) bond motifs is 3. The smallest absolute Gasteiger partial charge is 0.126 e. The molecule has 110 valence electrons. The van der Waals surface area contributed by atoms with E-state index in [1.54, 1.807) is 11.3 Å². The summed E-state index contributed by atoms with van der Waals surface area (Å²) in [6.45, 7) is 9.35. The highest BCUT2D eigenvalue weighted by molar-refractivity contribution is 7.72. The number of hydrogen-bond acceptors (Lipinski definition) is 4. The fourth-order valence-electron chi connectivity index (χ4n) is 2.75. The Morgan fingerprint density at radius 1 is 1.24 bits per heavy atom. The van der Waals surface area contributed by atoms with E-state index in [2.05, 4.69) is 29.5 Å². The topological polar surface area (TPSA) is 30.7 Å². The molecule has 21 heavy (non-hydrogen) atoms. The van der Waals surface area contributed by atoms with Gasteiger partial charge in [-0.05, 0) is 38.8 Å². The van der Waals surface area contributed by atoms with Gasteiger partial charge in [0, 0.05) is 17.6 Å². The Bertz CT molecular complexity index is 890. The van der Waals surface area contributed by atoms with Crippen molar-refractivity contribution in [2.45, 2.75) is 47.1 Å². The first-order chi connectivity index (χ1) is 10.0. The first kappa shape index (κ1) is 14.6. The van der Waals surface area contributed by atoms with Crippen LogP contribution >= 0.6 is 23.6 Å². The van der Waals surface area contributed by atoms with E-state index in [4.69, 9.17) is 17.2 Å². The van der Waals surface area contributed by atoms with Crippen LogP contribution in [0.5, 0.6) is 0 Å². The Morgan fingerprint density at radius 2 is 2.00 bits per heavy atom. The molecule has 0 atom stereocenters. The molecular weight excluding hydrogens is 298 g/mol. The lowest BCUT2D eigenvalue weighted by molar-refractivity contribution is 0.601. The molecule has 0 saturated heterocycles. The summed E-state index contributed by atoms with van der Waals surface area (Å²) in [7, 11) is 0. The normalized spacial score (nSPS) is 11.6. The Labute approximate surface area is 133 Å². The number of aromatic nitrogens is 3. The largest absolute Gasteiger partial charge is 0.320 e. The zero-order valence-electron chi connectivity index (χ0n) is 12.9. The van der Waals surface area contributed by atoms with Crippen molar-refractivity contribution < 1.29 is 0 Å². The van der Waals surface area contributed by atoms with E-state index in [9.17, 15) is 0 Å². The fourth-order valence-corrected chi connectivity index (χ4v) is 4.38. The van der Waals surface area contributed by atoms with Gasteiger partial charge in [-0.15, -0.1) is 11.3 Å². The molecule has 0 spiro atoms. The lowest BCUT2D eigenvalue weighted by atomic mass is 10.1. The molecule has 0 fully saturated rings. The second kappa shape index (κ2) is 5.46. The second-order valence-corrected chi connectivity index (χ2v) is 6.90. The van der Waals surface area contributed by atoms with Crippen molar-refractivity contribution in [2.75, 3.05) is 0 Å². The zero-order chi connectivity index (χ0) is 15.1. The van der Waals surface area contributed by atoms with Crippen LogP contribution in [0, 0.1) is 25.4 Å². The quantitative estimate of drug-likeness (QED) is 0.630. The van der Waals surface area contributed by atoms with E-state index in [1.807, 2.05) is 13.8 Å². The first-order valence-electron chi connectivity index (χ1n) is 7.30. The molecule has 5 heteroatoms. The van der Waals surface area contributed by atoms with Gasteiger partial charge in [0.05, 0.1) is 10.2 Å².